The average Bonchev–Trinajstić information content (AvgIpc) is 2.79. The molecule has 0 fully saturated rings. The van der Waals surface area contributed by atoms with Crippen molar-refractivity contribution in [3.05, 3.63) is 82.5 Å². The number of hydrogen-bond acceptors (Lipinski definition) is 8. The second kappa shape index (κ2) is 9.79. The molecule has 3 rings (SSSR count). The predicted molar refractivity (Wildman–Crippen MR) is 110 cm³/mol. The molecule has 1 aromatic heterocycles. The van der Waals surface area contributed by atoms with Crippen LogP contribution in [-0.4, -0.2) is 29.1 Å². The number of ketones is 1. The van der Waals surface area contributed by atoms with Gasteiger partial charge >= 0.3 is 0 Å². The smallest absolute Gasteiger partial charge is 0.197 e. The van der Waals surface area contributed by atoms with Gasteiger partial charge in [-0.15, -0.1) is 4.91 Å². The van der Waals surface area contributed by atoms with Crippen molar-refractivity contribution in [3.8, 4) is 11.5 Å². The van der Waals surface area contributed by atoms with Crippen LogP contribution in [0.4, 0.5) is 0 Å². The highest BCUT2D eigenvalue weighted by molar-refractivity contribution is 7.98. The van der Waals surface area contributed by atoms with E-state index in [0.717, 1.165) is 11.3 Å². The van der Waals surface area contributed by atoms with Gasteiger partial charge in [-0.1, -0.05) is 41.2 Å². The predicted octanol–water partition coefficient (Wildman–Crippen LogP) is 4.48. The molecule has 0 spiro atoms. The van der Waals surface area contributed by atoms with Gasteiger partial charge in [0.05, 0.1) is 12.8 Å². The summed E-state index contributed by atoms with van der Waals surface area (Å²) in [7, 11) is 1.61. The van der Waals surface area contributed by atoms with Crippen LogP contribution in [0.1, 0.15) is 27.7 Å². The summed E-state index contributed by atoms with van der Waals surface area (Å²) in [6.07, 6.45) is 3.32. The number of aromatic nitrogens is 2. The molecular weight excluding hydrogens is 390 g/mol. The van der Waals surface area contributed by atoms with E-state index in [9.17, 15) is 9.70 Å². The molecule has 0 aliphatic rings. The topological polar surface area (TPSA) is 90.7 Å². The second-order valence-corrected chi connectivity index (χ2v) is 6.78. The molecule has 7 nitrogen and oxygen atoms in total. The number of benzene rings is 2. The van der Waals surface area contributed by atoms with Gasteiger partial charge in [0.15, 0.2) is 17.0 Å². The SMILES string of the molecule is COc1ccc(COc2cccc(C(=O)C(N=O)c3ccnc(SC)n3)c2)cc1. The lowest BCUT2D eigenvalue weighted by Gasteiger charge is -2.11. The number of methoxy groups -OCH3 is 1. The Morgan fingerprint density at radius 2 is 1.93 bits per heavy atom. The first-order valence-corrected chi connectivity index (χ1v) is 9.96. The summed E-state index contributed by atoms with van der Waals surface area (Å²) in [5.74, 6) is 0.840. The van der Waals surface area contributed by atoms with Crippen LogP contribution in [0.3, 0.4) is 0 Å². The molecule has 0 aliphatic heterocycles. The third kappa shape index (κ3) is 5.17. The summed E-state index contributed by atoms with van der Waals surface area (Å²) in [5.41, 5.74) is 1.56. The van der Waals surface area contributed by atoms with E-state index in [0.29, 0.717) is 23.1 Å². The molecule has 1 heterocycles. The van der Waals surface area contributed by atoms with Gasteiger partial charge in [0.25, 0.3) is 0 Å². The average molecular weight is 409 g/mol. The van der Waals surface area contributed by atoms with Crippen LogP contribution in [0.15, 0.2) is 71.1 Å². The molecular formula is C21H19N3O4S. The fraction of sp³-hybridized carbons (Fsp3) is 0.190. The van der Waals surface area contributed by atoms with Gasteiger partial charge in [0.2, 0.25) is 0 Å². The van der Waals surface area contributed by atoms with E-state index in [-0.39, 0.29) is 5.69 Å². The first-order chi connectivity index (χ1) is 14.1. The maximum Gasteiger partial charge on any atom is 0.197 e. The molecule has 0 amide bonds. The van der Waals surface area contributed by atoms with Crippen LogP contribution >= 0.6 is 11.8 Å². The first kappa shape index (κ1) is 20.5. The van der Waals surface area contributed by atoms with Gasteiger partial charge in [-0.05, 0) is 42.2 Å². The highest BCUT2D eigenvalue weighted by Crippen LogP contribution is 2.24. The van der Waals surface area contributed by atoms with Crippen molar-refractivity contribution in [1.82, 2.24) is 9.97 Å². The third-order valence-corrected chi connectivity index (χ3v) is 4.72. The standard InChI is InChI=1S/C21H19N3O4S/c1-27-16-8-6-14(7-9-16)13-28-17-5-3-4-15(12-17)20(25)19(24-26)18-10-11-22-21(23-18)29-2/h3-12,19H,13H2,1-2H3. The van der Waals surface area contributed by atoms with Crippen LogP contribution in [0.25, 0.3) is 0 Å². The van der Waals surface area contributed by atoms with Crippen molar-refractivity contribution in [2.24, 2.45) is 5.18 Å². The number of nitroso groups, excluding NO2 is 1. The normalized spacial score (nSPS) is 11.5. The minimum absolute atomic E-state index is 0.272. The molecule has 0 bridgehead atoms. The quantitative estimate of drug-likeness (QED) is 0.223. The summed E-state index contributed by atoms with van der Waals surface area (Å²) < 4.78 is 10.9. The van der Waals surface area contributed by atoms with Crippen molar-refractivity contribution in [1.29, 1.82) is 0 Å². The van der Waals surface area contributed by atoms with E-state index in [4.69, 9.17) is 9.47 Å². The summed E-state index contributed by atoms with van der Waals surface area (Å²) in [4.78, 5) is 32.5. The second-order valence-electron chi connectivity index (χ2n) is 6.00. The van der Waals surface area contributed by atoms with E-state index in [1.54, 1.807) is 31.4 Å². The molecule has 3 aromatic rings. The summed E-state index contributed by atoms with van der Waals surface area (Å²) in [6, 6.07) is 14.5. The minimum Gasteiger partial charge on any atom is -0.497 e. The monoisotopic (exact) mass is 409 g/mol. The zero-order valence-electron chi connectivity index (χ0n) is 15.9. The number of carbonyl (C=O) groups excluding carboxylic acids is 1. The zero-order chi connectivity index (χ0) is 20.6. The molecule has 8 heteroatoms. The number of hydrogen-bond donors (Lipinski definition) is 0. The summed E-state index contributed by atoms with van der Waals surface area (Å²) in [5, 5.41) is 3.47. The molecule has 2 aromatic carbocycles. The molecule has 29 heavy (non-hydrogen) atoms. The van der Waals surface area contributed by atoms with Crippen molar-refractivity contribution < 1.29 is 14.3 Å². The van der Waals surface area contributed by atoms with E-state index in [2.05, 4.69) is 15.1 Å². The zero-order valence-corrected chi connectivity index (χ0v) is 16.8. The number of ether oxygens (including phenoxy) is 2. The molecule has 1 unspecified atom stereocenters. The summed E-state index contributed by atoms with van der Waals surface area (Å²) >= 11 is 1.32. The maximum absolute atomic E-state index is 12.8. The Labute approximate surface area is 172 Å². The van der Waals surface area contributed by atoms with Crippen LogP contribution in [0.2, 0.25) is 0 Å². The summed E-state index contributed by atoms with van der Waals surface area (Å²) in [6.45, 7) is 0.333. The molecule has 148 valence electrons. The molecule has 0 N–H and O–H groups in total. The van der Waals surface area contributed by atoms with Gasteiger partial charge in [0.1, 0.15) is 18.1 Å². The lowest BCUT2D eigenvalue weighted by Crippen LogP contribution is -2.13. The van der Waals surface area contributed by atoms with Crippen molar-refractivity contribution in [2.75, 3.05) is 13.4 Å². The van der Waals surface area contributed by atoms with Gasteiger partial charge in [-0.2, -0.15) is 0 Å². The van der Waals surface area contributed by atoms with Crippen LogP contribution in [0.5, 0.6) is 11.5 Å². The van der Waals surface area contributed by atoms with Crippen LogP contribution in [-0.2, 0) is 6.61 Å². The van der Waals surface area contributed by atoms with E-state index >= 15 is 0 Å². The van der Waals surface area contributed by atoms with Crippen molar-refractivity contribution >= 4 is 17.5 Å². The van der Waals surface area contributed by atoms with Gasteiger partial charge in [-0.3, -0.25) is 4.79 Å². The van der Waals surface area contributed by atoms with E-state index < -0.39 is 11.8 Å². The van der Waals surface area contributed by atoms with Crippen LogP contribution < -0.4 is 9.47 Å². The van der Waals surface area contributed by atoms with Gasteiger partial charge in [-0.25, -0.2) is 9.97 Å². The molecule has 0 radical (unpaired) electrons. The highest BCUT2D eigenvalue weighted by atomic mass is 32.2. The fourth-order valence-corrected chi connectivity index (χ4v) is 2.99. The number of rotatable bonds is 9. The Bertz CT molecular complexity index is 995. The van der Waals surface area contributed by atoms with E-state index in [1.165, 1.54) is 24.0 Å². The third-order valence-electron chi connectivity index (χ3n) is 4.15. The first-order valence-electron chi connectivity index (χ1n) is 8.74. The molecule has 0 aliphatic carbocycles. The van der Waals surface area contributed by atoms with E-state index in [1.807, 2.05) is 30.5 Å². The fourth-order valence-electron chi connectivity index (χ4n) is 2.63. The van der Waals surface area contributed by atoms with Gasteiger partial charge < -0.3 is 9.47 Å². The molecule has 1 atom stereocenters. The van der Waals surface area contributed by atoms with Crippen LogP contribution in [0, 0.1) is 4.91 Å². The largest absolute Gasteiger partial charge is 0.497 e. The number of carbonyl (C=O) groups is 1. The number of nitrogens with zero attached hydrogens (tertiary/aromatic N) is 3. The van der Waals surface area contributed by atoms with Crippen molar-refractivity contribution in [2.45, 2.75) is 17.8 Å². The lowest BCUT2D eigenvalue weighted by molar-refractivity contribution is 0.0959. The van der Waals surface area contributed by atoms with Gasteiger partial charge in [0, 0.05) is 11.8 Å². The Hall–Kier alpha value is -3.26. The Kier molecular flexibility index (Phi) is 6.91. The molecule has 0 saturated heterocycles. The maximum atomic E-state index is 12.8. The Morgan fingerprint density at radius 1 is 1.14 bits per heavy atom. The minimum atomic E-state index is -1.24. The Morgan fingerprint density at radius 3 is 2.62 bits per heavy atom. The number of thioether (sulfide) groups is 1. The Balaban J connectivity index is 1.74. The number of Topliss-reactive ketones (excluding diaryl/α,β-unsaturated/α-hetero) is 1. The van der Waals surface area contributed by atoms with Crippen molar-refractivity contribution in [3.63, 3.8) is 0 Å². The lowest BCUT2D eigenvalue weighted by atomic mass is 10.0. The molecule has 0 saturated carbocycles. The highest BCUT2D eigenvalue weighted by Gasteiger charge is 2.25.